The molecule has 2 aliphatic heterocycles. The van der Waals surface area contributed by atoms with E-state index in [9.17, 15) is 14.7 Å². The predicted octanol–water partition coefficient (Wildman–Crippen LogP) is 0.102. The first-order valence-corrected chi connectivity index (χ1v) is 9.64. The van der Waals surface area contributed by atoms with E-state index < -0.39 is 0 Å². The predicted molar refractivity (Wildman–Crippen MR) is 99.6 cm³/mol. The minimum atomic E-state index is -0.0317. The van der Waals surface area contributed by atoms with Crippen LogP contribution in [0.25, 0.3) is 0 Å². The average Bonchev–Trinajstić information content (AvgIpc) is 3.16. The summed E-state index contributed by atoms with van der Waals surface area (Å²) >= 11 is 0. The van der Waals surface area contributed by atoms with Gasteiger partial charge in [-0.05, 0) is 26.7 Å². The molecule has 8 nitrogen and oxygen atoms in total. The second-order valence-corrected chi connectivity index (χ2v) is 7.67. The van der Waals surface area contributed by atoms with Crippen molar-refractivity contribution in [1.82, 2.24) is 19.6 Å². The van der Waals surface area contributed by atoms with Gasteiger partial charge in [-0.2, -0.15) is 5.10 Å². The SMILES string of the molecule is CC(=O)c1c(C)nn(CC(=O)N2C[C@@H](CN3CCOCC3)[C@@H](CO)C2)c1C. The van der Waals surface area contributed by atoms with Crippen LogP contribution < -0.4 is 0 Å². The van der Waals surface area contributed by atoms with E-state index in [1.54, 1.807) is 11.6 Å². The molecule has 2 atom stereocenters. The summed E-state index contributed by atoms with van der Waals surface area (Å²) in [4.78, 5) is 28.8. The minimum absolute atomic E-state index is 0.0152. The Hall–Kier alpha value is -1.77. The number of aliphatic hydroxyl groups excluding tert-OH is 1. The molecule has 2 fully saturated rings. The van der Waals surface area contributed by atoms with Crippen LogP contribution in [0.1, 0.15) is 28.7 Å². The summed E-state index contributed by atoms with van der Waals surface area (Å²) in [5.74, 6) is 0.324. The van der Waals surface area contributed by atoms with Gasteiger partial charge in [0.1, 0.15) is 6.54 Å². The van der Waals surface area contributed by atoms with Crippen molar-refractivity contribution in [3.05, 3.63) is 17.0 Å². The van der Waals surface area contributed by atoms with E-state index in [0.29, 0.717) is 24.3 Å². The maximum atomic E-state index is 12.8. The summed E-state index contributed by atoms with van der Waals surface area (Å²) in [6, 6.07) is 0. The molecular weight excluding hydrogens is 348 g/mol. The van der Waals surface area contributed by atoms with Crippen LogP contribution in [0.4, 0.5) is 0 Å². The normalized spacial score (nSPS) is 23.8. The van der Waals surface area contributed by atoms with Crippen molar-refractivity contribution in [2.24, 2.45) is 11.8 Å². The molecule has 27 heavy (non-hydrogen) atoms. The Morgan fingerprint density at radius 1 is 1.19 bits per heavy atom. The summed E-state index contributed by atoms with van der Waals surface area (Å²) in [6.07, 6.45) is 0. The Morgan fingerprint density at radius 3 is 2.44 bits per heavy atom. The summed E-state index contributed by atoms with van der Waals surface area (Å²) in [6.45, 7) is 10.8. The van der Waals surface area contributed by atoms with Crippen LogP contribution in [0.2, 0.25) is 0 Å². The number of hydrogen-bond acceptors (Lipinski definition) is 6. The summed E-state index contributed by atoms with van der Waals surface area (Å²) in [5, 5.41) is 14.1. The number of ether oxygens (including phenoxy) is 1. The molecule has 0 saturated carbocycles. The number of nitrogens with zero attached hydrogens (tertiary/aromatic N) is 4. The summed E-state index contributed by atoms with van der Waals surface area (Å²) in [7, 11) is 0. The number of aryl methyl sites for hydroxylation is 1. The third-order valence-corrected chi connectivity index (χ3v) is 5.78. The highest BCUT2D eigenvalue weighted by Gasteiger charge is 2.36. The maximum Gasteiger partial charge on any atom is 0.244 e. The first kappa shape index (κ1) is 20.0. The number of amides is 1. The molecule has 3 heterocycles. The third kappa shape index (κ3) is 4.39. The van der Waals surface area contributed by atoms with Crippen LogP contribution in [-0.4, -0.2) is 88.9 Å². The molecule has 0 aliphatic carbocycles. The van der Waals surface area contributed by atoms with Gasteiger partial charge in [-0.15, -0.1) is 0 Å². The average molecular weight is 378 g/mol. The van der Waals surface area contributed by atoms with E-state index in [2.05, 4.69) is 10.00 Å². The molecule has 1 amide bonds. The van der Waals surface area contributed by atoms with Gasteiger partial charge in [0.05, 0.1) is 24.5 Å². The lowest BCUT2D eigenvalue weighted by Crippen LogP contribution is -2.41. The van der Waals surface area contributed by atoms with Crippen molar-refractivity contribution in [3.8, 4) is 0 Å². The Labute approximate surface area is 160 Å². The van der Waals surface area contributed by atoms with Crippen molar-refractivity contribution in [2.75, 3.05) is 52.5 Å². The van der Waals surface area contributed by atoms with Crippen molar-refractivity contribution in [2.45, 2.75) is 27.3 Å². The molecular formula is C19H30N4O4. The zero-order chi connectivity index (χ0) is 19.6. The lowest BCUT2D eigenvalue weighted by molar-refractivity contribution is -0.131. The molecule has 0 spiro atoms. The number of likely N-dealkylation sites (tertiary alicyclic amines) is 1. The van der Waals surface area contributed by atoms with E-state index >= 15 is 0 Å². The lowest BCUT2D eigenvalue weighted by atomic mass is 9.96. The van der Waals surface area contributed by atoms with Gasteiger partial charge in [0.15, 0.2) is 5.78 Å². The third-order valence-electron chi connectivity index (χ3n) is 5.78. The van der Waals surface area contributed by atoms with E-state index in [1.165, 1.54) is 6.92 Å². The molecule has 0 radical (unpaired) electrons. The monoisotopic (exact) mass is 378 g/mol. The zero-order valence-corrected chi connectivity index (χ0v) is 16.5. The number of hydrogen-bond donors (Lipinski definition) is 1. The van der Waals surface area contributed by atoms with Crippen molar-refractivity contribution in [3.63, 3.8) is 0 Å². The molecule has 2 aliphatic rings. The van der Waals surface area contributed by atoms with Crippen LogP contribution in [0.3, 0.4) is 0 Å². The number of aromatic nitrogens is 2. The first-order chi connectivity index (χ1) is 12.9. The molecule has 150 valence electrons. The van der Waals surface area contributed by atoms with Crippen LogP contribution in [0.15, 0.2) is 0 Å². The highest BCUT2D eigenvalue weighted by atomic mass is 16.5. The minimum Gasteiger partial charge on any atom is -0.396 e. The number of aliphatic hydroxyl groups is 1. The van der Waals surface area contributed by atoms with Gasteiger partial charge in [0, 0.05) is 50.9 Å². The fraction of sp³-hybridized carbons (Fsp3) is 0.737. The van der Waals surface area contributed by atoms with E-state index in [1.807, 2.05) is 11.8 Å². The smallest absolute Gasteiger partial charge is 0.244 e. The van der Waals surface area contributed by atoms with Crippen LogP contribution in [0, 0.1) is 25.7 Å². The highest BCUT2D eigenvalue weighted by molar-refractivity contribution is 5.96. The number of ketones is 1. The molecule has 0 bridgehead atoms. The molecule has 3 rings (SSSR count). The van der Waals surface area contributed by atoms with Gasteiger partial charge in [-0.1, -0.05) is 0 Å². The van der Waals surface area contributed by atoms with Crippen LogP contribution in [-0.2, 0) is 16.1 Å². The molecule has 8 heteroatoms. The number of Topliss-reactive ketones (excluding diaryl/α,β-unsaturated/α-hetero) is 1. The van der Waals surface area contributed by atoms with E-state index in [4.69, 9.17) is 4.74 Å². The molecule has 2 saturated heterocycles. The molecule has 1 N–H and O–H groups in total. The van der Waals surface area contributed by atoms with Gasteiger partial charge in [0.25, 0.3) is 0 Å². The Morgan fingerprint density at radius 2 is 1.85 bits per heavy atom. The standard InChI is InChI=1S/C19H30N4O4/c1-13-19(15(3)25)14(2)23(20-13)11-18(26)22-9-16(17(10-22)12-24)8-21-4-6-27-7-5-21/h16-17,24H,4-12H2,1-3H3/t16-,17-/m1/s1. The van der Waals surface area contributed by atoms with Crippen molar-refractivity contribution >= 4 is 11.7 Å². The number of carbonyl (C=O) groups excluding carboxylic acids is 2. The van der Waals surface area contributed by atoms with E-state index in [-0.39, 0.29) is 36.7 Å². The summed E-state index contributed by atoms with van der Waals surface area (Å²) < 4.78 is 7.02. The topological polar surface area (TPSA) is 87.9 Å². The van der Waals surface area contributed by atoms with Gasteiger partial charge in [-0.25, -0.2) is 0 Å². The second kappa shape index (κ2) is 8.50. The fourth-order valence-electron chi connectivity index (χ4n) is 4.26. The quantitative estimate of drug-likeness (QED) is 0.707. The largest absolute Gasteiger partial charge is 0.396 e. The lowest BCUT2D eigenvalue weighted by Gasteiger charge is -2.30. The second-order valence-electron chi connectivity index (χ2n) is 7.67. The Bertz CT molecular complexity index is 696. The number of carbonyl (C=O) groups is 2. The summed E-state index contributed by atoms with van der Waals surface area (Å²) in [5.41, 5.74) is 1.99. The molecule has 0 aromatic carbocycles. The van der Waals surface area contributed by atoms with Gasteiger partial charge in [0.2, 0.25) is 5.91 Å². The van der Waals surface area contributed by atoms with Crippen LogP contribution in [0.5, 0.6) is 0 Å². The molecule has 1 aromatic rings. The molecule has 1 aromatic heterocycles. The maximum absolute atomic E-state index is 12.8. The number of rotatable bonds is 6. The van der Waals surface area contributed by atoms with Crippen molar-refractivity contribution < 1.29 is 19.4 Å². The van der Waals surface area contributed by atoms with Gasteiger partial charge < -0.3 is 14.7 Å². The van der Waals surface area contributed by atoms with Gasteiger partial charge in [-0.3, -0.25) is 19.2 Å². The zero-order valence-electron chi connectivity index (χ0n) is 16.5. The van der Waals surface area contributed by atoms with Crippen LogP contribution >= 0.6 is 0 Å². The number of morpholine rings is 1. The van der Waals surface area contributed by atoms with E-state index in [0.717, 1.165) is 38.5 Å². The van der Waals surface area contributed by atoms with Crippen molar-refractivity contribution in [1.29, 1.82) is 0 Å². The molecule has 0 unspecified atom stereocenters. The fourth-order valence-corrected chi connectivity index (χ4v) is 4.26. The highest BCUT2D eigenvalue weighted by Crippen LogP contribution is 2.25. The Kier molecular flexibility index (Phi) is 6.29. The first-order valence-electron chi connectivity index (χ1n) is 9.64. The van der Waals surface area contributed by atoms with Gasteiger partial charge >= 0.3 is 0 Å². The Balaban J connectivity index is 1.63.